The molecular formula is C16H23N5. The molecule has 1 saturated heterocycles. The Bertz CT molecular complexity index is 565. The normalized spacial score (nSPS) is 20.8. The number of hydrogen-bond donors (Lipinski definition) is 0. The second-order valence-corrected chi connectivity index (χ2v) is 5.83. The van der Waals surface area contributed by atoms with E-state index in [9.17, 15) is 0 Å². The van der Waals surface area contributed by atoms with E-state index in [0.29, 0.717) is 6.04 Å². The van der Waals surface area contributed by atoms with Crippen molar-refractivity contribution in [3.63, 3.8) is 0 Å². The molecule has 1 aliphatic heterocycles. The summed E-state index contributed by atoms with van der Waals surface area (Å²) < 4.78 is 2.10. The third-order valence-corrected chi connectivity index (χ3v) is 4.23. The van der Waals surface area contributed by atoms with Crippen LogP contribution in [0.3, 0.4) is 0 Å². The molecule has 5 nitrogen and oxygen atoms in total. The molecule has 0 saturated carbocycles. The number of pyridine rings is 1. The molecule has 2 aromatic heterocycles. The molecule has 1 aliphatic rings. The summed E-state index contributed by atoms with van der Waals surface area (Å²) in [4.78, 5) is 13.8. The van der Waals surface area contributed by atoms with E-state index in [-0.39, 0.29) is 0 Å². The fourth-order valence-corrected chi connectivity index (χ4v) is 2.90. The maximum Gasteiger partial charge on any atom is 0.122 e. The third-order valence-electron chi connectivity index (χ3n) is 4.23. The van der Waals surface area contributed by atoms with Crippen LogP contribution in [-0.2, 0) is 20.1 Å². The Labute approximate surface area is 126 Å². The molecule has 0 spiro atoms. The summed E-state index contributed by atoms with van der Waals surface area (Å²) in [5, 5.41) is 0. The Balaban J connectivity index is 1.56. The van der Waals surface area contributed by atoms with Gasteiger partial charge >= 0.3 is 0 Å². The van der Waals surface area contributed by atoms with Crippen LogP contribution in [0, 0.1) is 0 Å². The Hall–Kier alpha value is -1.72. The fourth-order valence-electron chi connectivity index (χ4n) is 2.90. The first-order chi connectivity index (χ1) is 10.2. The number of imidazole rings is 1. The van der Waals surface area contributed by atoms with E-state index in [0.717, 1.165) is 44.2 Å². The Morgan fingerprint density at radius 3 is 2.71 bits per heavy atom. The van der Waals surface area contributed by atoms with Gasteiger partial charge in [0.1, 0.15) is 5.82 Å². The molecule has 1 fully saturated rings. The minimum atomic E-state index is 0.541. The lowest BCUT2D eigenvalue weighted by atomic mass is 10.1. The van der Waals surface area contributed by atoms with Crippen molar-refractivity contribution in [2.24, 2.45) is 7.05 Å². The summed E-state index contributed by atoms with van der Waals surface area (Å²) in [6.45, 7) is 7.43. The van der Waals surface area contributed by atoms with Crippen molar-refractivity contribution >= 4 is 0 Å². The molecule has 0 radical (unpaired) electrons. The fraction of sp³-hybridized carbons (Fsp3) is 0.500. The molecule has 0 N–H and O–H groups in total. The standard InChI is InChI=1S/C16H23N5/c1-14-11-20(12-15-5-3-4-6-17-15)9-10-21(14)13-16-18-7-8-19(16)2/h3-8,14H,9-13H2,1-2H3. The summed E-state index contributed by atoms with van der Waals surface area (Å²) in [6.07, 6.45) is 5.75. The van der Waals surface area contributed by atoms with Crippen LogP contribution in [0.25, 0.3) is 0 Å². The zero-order chi connectivity index (χ0) is 14.7. The minimum absolute atomic E-state index is 0.541. The summed E-state index contributed by atoms with van der Waals surface area (Å²) in [5.74, 6) is 1.14. The lowest BCUT2D eigenvalue weighted by Crippen LogP contribution is -2.51. The van der Waals surface area contributed by atoms with Crippen molar-refractivity contribution in [2.45, 2.75) is 26.1 Å². The van der Waals surface area contributed by atoms with Gasteiger partial charge in [0.05, 0.1) is 12.2 Å². The van der Waals surface area contributed by atoms with Crippen LogP contribution in [0.4, 0.5) is 0 Å². The average Bonchev–Trinajstić information content (AvgIpc) is 2.88. The lowest BCUT2D eigenvalue weighted by molar-refractivity contribution is 0.0700. The van der Waals surface area contributed by atoms with Crippen molar-refractivity contribution < 1.29 is 0 Å². The summed E-state index contributed by atoms with van der Waals surface area (Å²) in [5.41, 5.74) is 1.15. The second-order valence-electron chi connectivity index (χ2n) is 5.83. The zero-order valence-corrected chi connectivity index (χ0v) is 12.8. The number of nitrogens with zero attached hydrogens (tertiary/aromatic N) is 5. The van der Waals surface area contributed by atoms with Crippen molar-refractivity contribution in [2.75, 3.05) is 19.6 Å². The van der Waals surface area contributed by atoms with Crippen LogP contribution >= 0.6 is 0 Å². The monoisotopic (exact) mass is 285 g/mol. The van der Waals surface area contributed by atoms with Crippen LogP contribution in [-0.4, -0.2) is 50.0 Å². The van der Waals surface area contributed by atoms with Gasteiger partial charge in [-0.2, -0.15) is 0 Å². The van der Waals surface area contributed by atoms with Gasteiger partial charge in [0.15, 0.2) is 0 Å². The predicted octanol–water partition coefficient (Wildman–Crippen LogP) is 1.52. The predicted molar refractivity (Wildman–Crippen MR) is 82.6 cm³/mol. The smallest absolute Gasteiger partial charge is 0.122 e. The van der Waals surface area contributed by atoms with Gasteiger partial charge in [0.2, 0.25) is 0 Å². The van der Waals surface area contributed by atoms with Crippen LogP contribution in [0.5, 0.6) is 0 Å². The molecule has 3 heterocycles. The summed E-state index contributed by atoms with van der Waals surface area (Å²) in [7, 11) is 2.06. The maximum atomic E-state index is 4.43. The highest BCUT2D eigenvalue weighted by molar-refractivity contribution is 5.03. The molecular weight excluding hydrogens is 262 g/mol. The Morgan fingerprint density at radius 2 is 2.05 bits per heavy atom. The van der Waals surface area contributed by atoms with Crippen molar-refractivity contribution in [1.82, 2.24) is 24.3 Å². The molecule has 0 amide bonds. The molecule has 2 aromatic rings. The van der Waals surface area contributed by atoms with Crippen molar-refractivity contribution in [3.05, 3.63) is 48.3 Å². The minimum Gasteiger partial charge on any atom is -0.337 e. The van der Waals surface area contributed by atoms with Crippen molar-refractivity contribution in [1.29, 1.82) is 0 Å². The molecule has 1 unspecified atom stereocenters. The Kier molecular flexibility index (Phi) is 4.31. The number of hydrogen-bond acceptors (Lipinski definition) is 4. The molecule has 5 heteroatoms. The van der Waals surface area contributed by atoms with E-state index in [1.54, 1.807) is 0 Å². The largest absolute Gasteiger partial charge is 0.337 e. The topological polar surface area (TPSA) is 37.2 Å². The quantitative estimate of drug-likeness (QED) is 0.853. The van der Waals surface area contributed by atoms with Crippen LogP contribution in [0.2, 0.25) is 0 Å². The van der Waals surface area contributed by atoms with Gasteiger partial charge < -0.3 is 4.57 Å². The zero-order valence-electron chi connectivity index (χ0n) is 12.8. The van der Waals surface area contributed by atoms with Gasteiger partial charge in [-0.05, 0) is 19.1 Å². The maximum absolute atomic E-state index is 4.43. The van der Waals surface area contributed by atoms with E-state index in [1.165, 1.54) is 0 Å². The first-order valence-electron chi connectivity index (χ1n) is 7.55. The van der Waals surface area contributed by atoms with Crippen LogP contribution < -0.4 is 0 Å². The van der Waals surface area contributed by atoms with Crippen molar-refractivity contribution in [3.8, 4) is 0 Å². The summed E-state index contributed by atoms with van der Waals surface area (Å²) in [6, 6.07) is 6.67. The van der Waals surface area contributed by atoms with Gasteiger partial charge in [-0.3, -0.25) is 14.8 Å². The number of piperazine rings is 1. The highest BCUT2D eigenvalue weighted by atomic mass is 15.3. The van der Waals surface area contributed by atoms with Crippen LogP contribution in [0.1, 0.15) is 18.4 Å². The molecule has 3 rings (SSSR count). The first-order valence-corrected chi connectivity index (χ1v) is 7.55. The van der Waals surface area contributed by atoms with Gasteiger partial charge in [-0.25, -0.2) is 4.98 Å². The van der Waals surface area contributed by atoms with Crippen LogP contribution in [0.15, 0.2) is 36.8 Å². The molecule has 1 atom stereocenters. The van der Waals surface area contributed by atoms with E-state index in [4.69, 9.17) is 0 Å². The summed E-state index contributed by atoms with van der Waals surface area (Å²) >= 11 is 0. The molecule has 21 heavy (non-hydrogen) atoms. The molecule has 112 valence electrons. The van der Waals surface area contributed by atoms with Gasteiger partial charge in [0.25, 0.3) is 0 Å². The van der Waals surface area contributed by atoms with Gasteiger partial charge in [-0.1, -0.05) is 6.07 Å². The average molecular weight is 285 g/mol. The SMILES string of the molecule is CC1CN(Cc2ccccn2)CCN1Cc1nccn1C. The number of rotatable bonds is 4. The molecule has 0 aromatic carbocycles. The van der Waals surface area contributed by atoms with E-state index < -0.39 is 0 Å². The second kappa shape index (κ2) is 6.37. The van der Waals surface area contributed by atoms with E-state index >= 15 is 0 Å². The first kappa shape index (κ1) is 14.2. The lowest BCUT2D eigenvalue weighted by Gasteiger charge is -2.39. The highest BCUT2D eigenvalue weighted by Gasteiger charge is 2.24. The molecule has 0 bridgehead atoms. The van der Waals surface area contributed by atoms with Gasteiger partial charge in [-0.15, -0.1) is 0 Å². The highest BCUT2D eigenvalue weighted by Crippen LogP contribution is 2.14. The number of aromatic nitrogens is 3. The van der Waals surface area contributed by atoms with E-state index in [1.807, 2.05) is 24.7 Å². The molecule has 0 aliphatic carbocycles. The third kappa shape index (κ3) is 3.49. The Morgan fingerprint density at radius 1 is 1.14 bits per heavy atom. The van der Waals surface area contributed by atoms with E-state index in [2.05, 4.69) is 50.4 Å². The number of aryl methyl sites for hydroxylation is 1. The van der Waals surface area contributed by atoms with Gasteiger partial charge in [0, 0.05) is 57.9 Å².